The molecule has 0 fully saturated rings. The van der Waals surface area contributed by atoms with Crippen LogP contribution in [-0.2, 0) is 27.9 Å². The van der Waals surface area contributed by atoms with Gasteiger partial charge >= 0.3 is 13.8 Å². The van der Waals surface area contributed by atoms with Crippen molar-refractivity contribution in [2.24, 2.45) is 0 Å². The molecule has 0 aromatic rings. The first-order valence-electron chi connectivity index (χ1n) is 38.9. The molecule has 0 spiro atoms. The fourth-order valence-corrected chi connectivity index (χ4v) is 11.7. The fraction of sp³-hybridized carbons (Fsp3) is 0.735. The van der Waals surface area contributed by atoms with E-state index in [2.05, 4.69) is 135 Å². The summed E-state index contributed by atoms with van der Waals surface area (Å²) in [6.45, 7) is 6.90. The Morgan fingerprint density at radius 1 is 0.387 bits per heavy atom. The van der Waals surface area contributed by atoms with Gasteiger partial charge in [0.2, 0.25) is 5.91 Å². The molecule has 10 heteroatoms. The number of nitrogens with zero attached hydrogens (tertiary/aromatic N) is 1. The van der Waals surface area contributed by atoms with E-state index in [0.717, 1.165) is 109 Å². The summed E-state index contributed by atoms with van der Waals surface area (Å²) < 4.78 is 30.9. The van der Waals surface area contributed by atoms with Crippen molar-refractivity contribution in [3.05, 3.63) is 122 Å². The molecular weight excluding hydrogens is 1170 g/mol. The van der Waals surface area contributed by atoms with Gasteiger partial charge in [-0.15, -0.1) is 0 Å². The normalized spacial score (nSPS) is 14.1. The Kier molecular flexibility index (Phi) is 68.4. The largest absolute Gasteiger partial charge is 0.472 e. The molecule has 2 N–H and O–H groups in total. The second-order valence-electron chi connectivity index (χ2n) is 27.1. The summed E-state index contributed by atoms with van der Waals surface area (Å²) in [7, 11) is 1.49. The van der Waals surface area contributed by atoms with Crippen LogP contribution in [-0.4, -0.2) is 74.3 Å². The number of ether oxygens (including phenoxy) is 1. The standard InChI is InChI=1S/C83H147N2O7P/c1-7-10-13-16-19-22-25-28-30-32-34-36-38-40-42-44-46-48-50-52-54-57-60-63-66-69-72-75-82(86)84-80(79-91-93(88,89)90-78-77-85(4,5)6)81(74-71-68-65-62-59-56-27-24-21-18-15-12-9-3)92-83(87)76-73-70-67-64-61-58-55-53-51-49-47-45-43-41-39-37-35-33-31-29-26-23-20-17-14-11-8-2/h10,13,19-20,22-23,28-31,34-37,40-43,71,74,80-81H,7-9,11-12,14-18,21,24-27,32-33,38-39,44-70,72-73,75-79H2,1-6H3,(H-,84,86,88,89)/p+1/b13-10-,22-19-,23-20-,30-28-,31-29-,36-34-,37-35-,42-40-,43-41-,74-71+. The number of amides is 1. The van der Waals surface area contributed by atoms with Crippen molar-refractivity contribution in [2.75, 3.05) is 40.9 Å². The zero-order valence-corrected chi connectivity index (χ0v) is 62.4. The monoisotopic (exact) mass is 1320 g/mol. The topological polar surface area (TPSA) is 111 Å². The van der Waals surface area contributed by atoms with Gasteiger partial charge in [-0.3, -0.25) is 18.6 Å². The van der Waals surface area contributed by atoms with Crippen LogP contribution in [0.4, 0.5) is 0 Å². The van der Waals surface area contributed by atoms with Gasteiger partial charge in [-0.2, -0.15) is 0 Å². The maximum Gasteiger partial charge on any atom is 0.472 e. The van der Waals surface area contributed by atoms with Crippen molar-refractivity contribution >= 4 is 19.7 Å². The van der Waals surface area contributed by atoms with E-state index in [1.807, 2.05) is 33.3 Å². The molecule has 3 unspecified atom stereocenters. The van der Waals surface area contributed by atoms with Crippen LogP contribution in [0.1, 0.15) is 342 Å². The minimum Gasteiger partial charge on any atom is -0.456 e. The number of likely N-dealkylation sites (N-methyl/N-ethyl adjacent to an activating group) is 1. The zero-order valence-electron chi connectivity index (χ0n) is 61.5. The van der Waals surface area contributed by atoms with Gasteiger partial charge in [0.05, 0.1) is 33.8 Å². The molecule has 1 amide bonds. The summed E-state index contributed by atoms with van der Waals surface area (Å²) in [6, 6.07) is -0.861. The summed E-state index contributed by atoms with van der Waals surface area (Å²) in [4.78, 5) is 38.1. The summed E-state index contributed by atoms with van der Waals surface area (Å²) >= 11 is 0. The molecule has 93 heavy (non-hydrogen) atoms. The lowest BCUT2D eigenvalue weighted by atomic mass is 10.0. The molecule has 0 saturated carbocycles. The number of unbranched alkanes of at least 4 members (excludes halogenated alkanes) is 36. The van der Waals surface area contributed by atoms with Crippen LogP contribution in [0, 0.1) is 0 Å². The fourth-order valence-electron chi connectivity index (χ4n) is 11.0. The number of hydrogen-bond acceptors (Lipinski definition) is 6. The SMILES string of the molecule is CC/C=C\C/C=C\C/C=C\C/C=C\C/C=C\CCCCCCCCCCCCCC(=O)NC(COP(=O)(O)OCC[N+](C)(C)C)C(/C=C/CCCCCCCCCCCCC)OC(=O)CCCCCCCCCCCCC/C=C\C/C=C\C/C=C\C/C=C\CCCCC. The number of hydrogen-bond donors (Lipinski definition) is 2. The first kappa shape index (κ1) is 89.4. The molecule has 0 aromatic heterocycles. The van der Waals surface area contributed by atoms with Crippen LogP contribution in [0.2, 0.25) is 0 Å². The van der Waals surface area contributed by atoms with E-state index in [1.54, 1.807) is 0 Å². The number of carbonyl (C=O) groups excluding carboxylic acids is 2. The third-order valence-electron chi connectivity index (χ3n) is 16.9. The second kappa shape index (κ2) is 71.2. The van der Waals surface area contributed by atoms with E-state index in [0.29, 0.717) is 17.4 Å². The maximum absolute atomic E-state index is 13.7. The molecule has 0 aliphatic rings. The predicted molar refractivity (Wildman–Crippen MR) is 406 cm³/mol. The van der Waals surface area contributed by atoms with Crippen molar-refractivity contribution < 1.29 is 37.3 Å². The molecule has 0 aliphatic carbocycles. The smallest absolute Gasteiger partial charge is 0.456 e. The minimum absolute atomic E-state index is 0.0346. The highest BCUT2D eigenvalue weighted by atomic mass is 31.2. The Morgan fingerprint density at radius 2 is 0.688 bits per heavy atom. The highest BCUT2D eigenvalue weighted by Crippen LogP contribution is 2.43. The predicted octanol–water partition coefficient (Wildman–Crippen LogP) is 25.3. The Bertz CT molecular complexity index is 2010. The molecule has 0 rings (SSSR count). The second-order valence-corrected chi connectivity index (χ2v) is 28.6. The Labute approximate surface area is 575 Å². The van der Waals surface area contributed by atoms with Crippen molar-refractivity contribution in [1.82, 2.24) is 5.32 Å². The quantitative estimate of drug-likeness (QED) is 0.0205. The van der Waals surface area contributed by atoms with Crippen LogP contribution in [0.5, 0.6) is 0 Å². The van der Waals surface area contributed by atoms with Crippen molar-refractivity contribution in [1.29, 1.82) is 0 Å². The minimum atomic E-state index is -4.47. The van der Waals surface area contributed by atoms with Crippen molar-refractivity contribution in [2.45, 2.75) is 354 Å². The molecule has 3 atom stereocenters. The summed E-state index contributed by atoms with van der Waals surface area (Å²) in [6.07, 6.45) is 101. The average molecular weight is 1320 g/mol. The highest BCUT2D eigenvalue weighted by molar-refractivity contribution is 7.47. The first-order chi connectivity index (χ1) is 45.4. The number of allylic oxidation sites excluding steroid dienone is 19. The van der Waals surface area contributed by atoms with Gasteiger partial charge in [-0.1, -0.05) is 329 Å². The Balaban J connectivity index is 5.02. The number of phosphoric acid groups is 1. The molecule has 0 bridgehead atoms. The van der Waals surface area contributed by atoms with Gasteiger partial charge in [-0.25, -0.2) is 4.57 Å². The van der Waals surface area contributed by atoms with Crippen LogP contribution in [0.3, 0.4) is 0 Å². The number of nitrogens with one attached hydrogen (secondary N) is 1. The van der Waals surface area contributed by atoms with E-state index in [-0.39, 0.29) is 31.5 Å². The molecule has 0 radical (unpaired) electrons. The lowest BCUT2D eigenvalue weighted by Crippen LogP contribution is -2.47. The lowest BCUT2D eigenvalue weighted by molar-refractivity contribution is -0.870. The molecule has 9 nitrogen and oxygen atoms in total. The highest BCUT2D eigenvalue weighted by Gasteiger charge is 2.30. The molecule has 0 saturated heterocycles. The van der Waals surface area contributed by atoms with E-state index in [4.69, 9.17) is 13.8 Å². The van der Waals surface area contributed by atoms with Gasteiger partial charge in [0.25, 0.3) is 0 Å². The summed E-state index contributed by atoms with van der Waals surface area (Å²) in [5.41, 5.74) is 0. The number of phosphoric ester groups is 1. The molecule has 0 heterocycles. The number of rotatable bonds is 70. The van der Waals surface area contributed by atoms with Gasteiger partial charge in [0.1, 0.15) is 19.3 Å². The first-order valence-corrected chi connectivity index (χ1v) is 40.4. The maximum atomic E-state index is 13.7. The van der Waals surface area contributed by atoms with E-state index >= 15 is 0 Å². The lowest BCUT2D eigenvalue weighted by Gasteiger charge is -2.27. The van der Waals surface area contributed by atoms with Crippen LogP contribution in [0.25, 0.3) is 0 Å². The van der Waals surface area contributed by atoms with E-state index < -0.39 is 20.0 Å². The molecule has 0 aromatic carbocycles. The third kappa shape index (κ3) is 72.5. The van der Waals surface area contributed by atoms with E-state index in [9.17, 15) is 19.0 Å². The van der Waals surface area contributed by atoms with Gasteiger partial charge < -0.3 is 19.4 Å². The average Bonchev–Trinajstić information content (AvgIpc) is 2.31. The van der Waals surface area contributed by atoms with E-state index in [1.165, 1.54) is 199 Å². The third-order valence-corrected chi connectivity index (χ3v) is 17.9. The molecular formula is C83H148N2O7P+. The molecule has 0 aliphatic heterocycles. The number of esters is 1. The van der Waals surface area contributed by atoms with Gasteiger partial charge in [0.15, 0.2) is 0 Å². The van der Waals surface area contributed by atoms with Gasteiger partial charge in [-0.05, 0) is 122 Å². The van der Waals surface area contributed by atoms with Crippen LogP contribution < -0.4 is 5.32 Å². The summed E-state index contributed by atoms with van der Waals surface area (Å²) in [5.74, 6) is -0.508. The van der Waals surface area contributed by atoms with Crippen molar-refractivity contribution in [3.63, 3.8) is 0 Å². The Hall–Kier alpha value is -3.59. The van der Waals surface area contributed by atoms with Gasteiger partial charge in [0, 0.05) is 12.8 Å². The van der Waals surface area contributed by atoms with Crippen LogP contribution in [0.15, 0.2) is 122 Å². The summed E-state index contributed by atoms with van der Waals surface area (Å²) in [5, 5.41) is 3.08. The Morgan fingerprint density at radius 3 is 1.05 bits per heavy atom. The number of carbonyl (C=O) groups is 2. The van der Waals surface area contributed by atoms with Crippen LogP contribution >= 0.6 is 7.82 Å². The molecule has 536 valence electrons. The number of quaternary nitrogens is 1. The van der Waals surface area contributed by atoms with Crippen molar-refractivity contribution in [3.8, 4) is 0 Å². The zero-order chi connectivity index (χ0) is 67.8.